The number of nitrogens with one attached hydrogen (secondary N) is 2. The molecule has 0 aliphatic rings. The Bertz CT molecular complexity index is 607. The van der Waals surface area contributed by atoms with Crippen molar-refractivity contribution in [1.29, 1.82) is 0 Å². The lowest BCUT2D eigenvalue weighted by Crippen LogP contribution is -2.41. The van der Waals surface area contributed by atoms with Crippen molar-refractivity contribution < 1.29 is 9.59 Å². The molecule has 0 saturated heterocycles. The summed E-state index contributed by atoms with van der Waals surface area (Å²) in [5.74, 6) is -0.714. The monoisotopic (exact) mass is 294 g/mol. The molecule has 19 heavy (non-hydrogen) atoms. The summed E-state index contributed by atoms with van der Waals surface area (Å²) in [5, 5.41) is 2.38. The molecule has 2 amide bonds. The van der Waals surface area contributed by atoms with Gasteiger partial charge in [-0.15, -0.1) is 11.3 Å². The summed E-state index contributed by atoms with van der Waals surface area (Å²) in [6.45, 7) is 1.84. The number of thiophene rings is 1. The third-order valence-corrected chi connectivity index (χ3v) is 3.73. The molecule has 0 radical (unpaired) electrons. The van der Waals surface area contributed by atoms with Gasteiger partial charge in [0.15, 0.2) is 0 Å². The highest BCUT2D eigenvalue weighted by Crippen LogP contribution is 2.14. The highest BCUT2D eigenvalue weighted by Gasteiger charge is 2.11. The molecule has 4 nitrogen and oxygen atoms in total. The molecule has 0 aliphatic carbocycles. The van der Waals surface area contributed by atoms with E-state index in [1.165, 1.54) is 11.3 Å². The Morgan fingerprint density at radius 2 is 1.68 bits per heavy atom. The number of hydrogen-bond acceptors (Lipinski definition) is 3. The van der Waals surface area contributed by atoms with Crippen molar-refractivity contribution >= 4 is 34.8 Å². The van der Waals surface area contributed by atoms with E-state index in [2.05, 4.69) is 10.9 Å². The van der Waals surface area contributed by atoms with Crippen LogP contribution in [0.2, 0.25) is 5.02 Å². The van der Waals surface area contributed by atoms with E-state index in [1.54, 1.807) is 24.3 Å². The number of amides is 2. The second-order valence-electron chi connectivity index (χ2n) is 3.85. The zero-order chi connectivity index (χ0) is 13.8. The number of aryl methyl sites for hydroxylation is 1. The third-order valence-electron chi connectivity index (χ3n) is 2.46. The molecule has 1 aromatic heterocycles. The van der Waals surface area contributed by atoms with Gasteiger partial charge in [-0.2, -0.15) is 0 Å². The number of carbonyl (C=O) groups is 2. The van der Waals surface area contributed by atoms with Crippen molar-refractivity contribution in [3.05, 3.63) is 56.7 Å². The summed E-state index contributed by atoms with van der Waals surface area (Å²) in [5.41, 5.74) is 6.04. The van der Waals surface area contributed by atoms with Crippen molar-refractivity contribution in [2.75, 3.05) is 0 Å². The molecule has 0 aliphatic heterocycles. The fraction of sp³-hybridized carbons (Fsp3) is 0.0769. The molecule has 2 N–H and O–H groups in total. The molecule has 0 saturated carbocycles. The lowest BCUT2D eigenvalue weighted by Gasteiger charge is -2.06. The summed E-state index contributed by atoms with van der Waals surface area (Å²) in [7, 11) is 0. The predicted octanol–water partition coefficient (Wildman–Crippen LogP) is 2.78. The maximum Gasteiger partial charge on any atom is 0.280 e. The molecule has 98 valence electrons. The fourth-order valence-corrected chi connectivity index (χ4v) is 2.40. The van der Waals surface area contributed by atoms with Crippen LogP contribution in [0.25, 0.3) is 0 Å². The quantitative estimate of drug-likeness (QED) is 0.837. The average Bonchev–Trinajstić information content (AvgIpc) is 2.83. The fourth-order valence-electron chi connectivity index (χ4n) is 1.45. The molecule has 2 rings (SSSR count). The van der Waals surface area contributed by atoms with Crippen LogP contribution in [0.3, 0.4) is 0 Å². The van der Waals surface area contributed by atoms with Crippen LogP contribution < -0.4 is 10.9 Å². The molecule has 0 fully saturated rings. The van der Waals surface area contributed by atoms with E-state index in [0.29, 0.717) is 15.5 Å². The number of hydrogen-bond donors (Lipinski definition) is 2. The summed E-state index contributed by atoms with van der Waals surface area (Å²) in [4.78, 5) is 24.1. The first-order valence-electron chi connectivity index (χ1n) is 5.48. The van der Waals surface area contributed by atoms with Crippen LogP contribution >= 0.6 is 22.9 Å². The van der Waals surface area contributed by atoms with Crippen LogP contribution in [-0.4, -0.2) is 11.8 Å². The van der Waals surface area contributed by atoms with Gasteiger partial charge in [-0.1, -0.05) is 11.6 Å². The standard InChI is InChI=1S/C13H11ClN2O2S/c1-8-6-7-19-11(8)13(18)16-15-12(17)9-2-4-10(14)5-3-9/h2-7H,1H3,(H,15,17)(H,16,18). The molecule has 6 heteroatoms. The van der Waals surface area contributed by atoms with Gasteiger partial charge < -0.3 is 0 Å². The van der Waals surface area contributed by atoms with Gasteiger partial charge >= 0.3 is 0 Å². The van der Waals surface area contributed by atoms with Crippen molar-refractivity contribution in [2.24, 2.45) is 0 Å². The summed E-state index contributed by atoms with van der Waals surface area (Å²) >= 11 is 7.06. The number of carbonyl (C=O) groups excluding carboxylic acids is 2. The van der Waals surface area contributed by atoms with E-state index in [9.17, 15) is 9.59 Å². The molecule has 1 heterocycles. The van der Waals surface area contributed by atoms with Gasteiger partial charge in [-0.25, -0.2) is 0 Å². The topological polar surface area (TPSA) is 58.2 Å². The largest absolute Gasteiger partial charge is 0.280 e. The highest BCUT2D eigenvalue weighted by molar-refractivity contribution is 7.12. The van der Waals surface area contributed by atoms with Crippen LogP contribution in [0.15, 0.2) is 35.7 Å². The Morgan fingerprint density at radius 1 is 1.05 bits per heavy atom. The minimum atomic E-state index is -0.390. The van der Waals surface area contributed by atoms with Crippen molar-refractivity contribution in [2.45, 2.75) is 6.92 Å². The normalized spacial score (nSPS) is 10.0. The van der Waals surface area contributed by atoms with E-state index in [0.717, 1.165) is 5.56 Å². The lowest BCUT2D eigenvalue weighted by molar-refractivity contribution is 0.0848. The molecular weight excluding hydrogens is 284 g/mol. The Morgan fingerprint density at radius 3 is 2.26 bits per heavy atom. The molecule has 0 bridgehead atoms. The van der Waals surface area contributed by atoms with Gasteiger partial charge in [0.1, 0.15) is 0 Å². The lowest BCUT2D eigenvalue weighted by atomic mass is 10.2. The number of benzene rings is 1. The molecule has 1 aromatic carbocycles. The van der Waals surface area contributed by atoms with Crippen LogP contribution in [0, 0.1) is 6.92 Å². The average molecular weight is 295 g/mol. The van der Waals surface area contributed by atoms with Gasteiger partial charge in [-0.05, 0) is 48.2 Å². The van der Waals surface area contributed by atoms with Gasteiger partial charge in [0.2, 0.25) is 0 Å². The van der Waals surface area contributed by atoms with Crippen LogP contribution in [0.4, 0.5) is 0 Å². The minimum absolute atomic E-state index is 0.324. The van der Waals surface area contributed by atoms with E-state index < -0.39 is 0 Å². The van der Waals surface area contributed by atoms with Gasteiger partial charge in [0, 0.05) is 10.6 Å². The summed E-state index contributed by atoms with van der Waals surface area (Å²) < 4.78 is 0. The van der Waals surface area contributed by atoms with Gasteiger partial charge in [-0.3, -0.25) is 20.4 Å². The molecule has 0 unspecified atom stereocenters. The van der Waals surface area contributed by atoms with E-state index in [-0.39, 0.29) is 11.8 Å². The predicted molar refractivity (Wildman–Crippen MR) is 75.4 cm³/mol. The Labute approximate surface area is 119 Å². The highest BCUT2D eigenvalue weighted by atomic mass is 35.5. The van der Waals surface area contributed by atoms with Gasteiger partial charge in [0.25, 0.3) is 11.8 Å². The number of rotatable bonds is 2. The Balaban J connectivity index is 1.96. The van der Waals surface area contributed by atoms with Crippen LogP contribution in [0.5, 0.6) is 0 Å². The molecular formula is C13H11ClN2O2S. The SMILES string of the molecule is Cc1ccsc1C(=O)NNC(=O)c1ccc(Cl)cc1. The maximum absolute atomic E-state index is 11.8. The maximum atomic E-state index is 11.8. The van der Waals surface area contributed by atoms with E-state index in [1.807, 2.05) is 18.4 Å². The van der Waals surface area contributed by atoms with E-state index >= 15 is 0 Å². The summed E-state index contributed by atoms with van der Waals surface area (Å²) in [6.07, 6.45) is 0. The number of halogens is 1. The smallest absolute Gasteiger partial charge is 0.267 e. The Hall–Kier alpha value is -1.85. The first-order chi connectivity index (χ1) is 9.08. The number of hydrazine groups is 1. The molecule has 0 atom stereocenters. The van der Waals surface area contributed by atoms with Gasteiger partial charge in [0.05, 0.1) is 4.88 Å². The van der Waals surface area contributed by atoms with Crippen molar-refractivity contribution in [3.8, 4) is 0 Å². The van der Waals surface area contributed by atoms with E-state index in [4.69, 9.17) is 11.6 Å². The Kier molecular flexibility index (Phi) is 4.19. The zero-order valence-electron chi connectivity index (χ0n) is 10.1. The zero-order valence-corrected chi connectivity index (χ0v) is 11.6. The second kappa shape index (κ2) is 5.86. The van der Waals surface area contributed by atoms with Crippen LogP contribution in [-0.2, 0) is 0 Å². The van der Waals surface area contributed by atoms with Crippen molar-refractivity contribution in [3.63, 3.8) is 0 Å². The van der Waals surface area contributed by atoms with Crippen LogP contribution in [0.1, 0.15) is 25.6 Å². The molecule has 0 spiro atoms. The van der Waals surface area contributed by atoms with Crippen molar-refractivity contribution in [1.82, 2.24) is 10.9 Å². The second-order valence-corrected chi connectivity index (χ2v) is 5.20. The first-order valence-corrected chi connectivity index (χ1v) is 6.74. The summed E-state index contributed by atoms with van der Waals surface area (Å²) in [6, 6.07) is 8.24. The molecule has 2 aromatic rings. The first kappa shape index (κ1) is 13.6. The third kappa shape index (κ3) is 3.33. The minimum Gasteiger partial charge on any atom is -0.267 e.